The molecule has 0 aromatic rings. The molecule has 0 bridgehead atoms. The first-order valence-electron chi connectivity index (χ1n) is 0.742. The van der Waals surface area contributed by atoms with Crippen molar-refractivity contribution in [2.75, 3.05) is 0 Å². The zero-order valence-electron chi connectivity index (χ0n) is 2.68. The van der Waals surface area contributed by atoms with Crippen molar-refractivity contribution in [3.05, 3.63) is 12.8 Å². The van der Waals surface area contributed by atoms with Gasteiger partial charge >= 0.3 is 0 Å². The Bertz CT molecular complexity index is 15.1. The molecule has 0 heterocycles. The average molecular weight is 116 g/mol. The van der Waals surface area contributed by atoms with Gasteiger partial charge in [-0.1, -0.05) is 6.58 Å². The Kier molecular flexibility index (Phi) is 124. The maximum absolute atomic E-state index is 4.61. The van der Waals surface area contributed by atoms with E-state index in [1.807, 2.05) is 0 Å². The minimum atomic E-state index is 0. The molecule has 0 fully saturated rings. The van der Waals surface area contributed by atoms with Crippen molar-refractivity contribution in [1.29, 1.82) is 0 Å². The maximum Gasteiger partial charge on any atom is -0.0136 e. The van der Waals surface area contributed by atoms with E-state index in [2.05, 4.69) is 12.3 Å². The van der Waals surface area contributed by atoms with Crippen LogP contribution in [0.15, 0.2) is 12.8 Å². The standard InChI is InChI=1S/C2H5N.2ClH/c1-2-3;;/h2H,1,3H2;2*1H. The smallest absolute Gasteiger partial charge is 0.0136 e. The fraction of sp³-hybridized carbons (Fsp3) is 0. The van der Waals surface area contributed by atoms with E-state index in [1.165, 1.54) is 6.20 Å². The summed E-state index contributed by atoms with van der Waals surface area (Å²) >= 11 is 0. The molecule has 0 aromatic heterocycles. The molecule has 2 N–H and O–H groups in total. The average Bonchev–Trinajstić information content (AvgIpc) is 0.918. The highest BCUT2D eigenvalue weighted by molar-refractivity contribution is 5.85. The van der Waals surface area contributed by atoms with E-state index in [-0.39, 0.29) is 24.8 Å². The van der Waals surface area contributed by atoms with E-state index in [0.717, 1.165) is 0 Å². The molecule has 0 amide bonds. The van der Waals surface area contributed by atoms with Crippen LogP contribution in [0.25, 0.3) is 0 Å². The molecular weight excluding hydrogens is 109 g/mol. The molecule has 1 nitrogen and oxygen atoms in total. The topological polar surface area (TPSA) is 26.0 Å². The van der Waals surface area contributed by atoms with Crippen molar-refractivity contribution in [3.8, 4) is 0 Å². The quantitative estimate of drug-likeness (QED) is 0.500. The zero-order chi connectivity index (χ0) is 2.71. The molecular formula is C2H7Cl2N. The first-order chi connectivity index (χ1) is 1.41. The first kappa shape index (κ1) is 19.3. The van der Waals surface area contributed by atoms with E-state index < -0.39 is 0 Å². The summed E-state index contributed by atoms with van der Waals surface area (Å²) in [6.45, 7) is 3.14. The summed E-state index contributed by atoms with van der Waals surface area (Å²) in [6.07, 6.45) is 1.25. The summed E-state index contributed by atoms with van der Waals surface area (Å²) < 4.78 is 0. The van der Waals surface area contributed by atoms with Crippen molar-refractivity contribution in [1.82, 2.24) is 0 Å². The molecule has 34 valence electrons. The van der Waals surface area contributed by atoms with Gasteiger partial charge in [0.1, 0.15) is 0 Å². The van der Waals surface area contributed by atoms with Crippen molar-refractivity contribution in [2.24, 2.45) is 5.73 Å². The Balaban J connectivity index is -0.0000000200. The highest BCUT2D eigenvalue weighted by atomic mass is 35.5. The molecule has 5 heavy (non-hydrogen) atoms. The van der Waals surface area contributed by atoms with Gasteiger partial charge in [0, 0.05) is 0 Å². The lowest BCUT2D eigenvalue weighted by Crippen LogP contribution is -1.67. The minimum Gasteiger partial charge on any atom is -0.405 e. The highest BCUT2D eigenvalue weighted by Crippen LogP contribution is 1.13. The third-order valence-corrected chi connectivity index (χ3v) is 0. The van der Waals surface area contributed by atoms with Crippen LogP contribution >= 0.6 is 24.8 Å². The van der Waals surface area contributed by atoms with Gasteiger partial charge in [-0.05, 0) is 6.20 Å². The molecule has 0 rings (SSSR count). The molecule has 0 spiro atoms. The van der Waals surface area contributed by atoms with Gasteiger partial charge in [0.15, 0.2) is 0 Å². The Morgan fingerprint density at radius 2 is 1.40 bits per heavy atom. The molecule has 0 saturated carbocycles. The number of rotatable bonds is 0. The number of hydrogen-bond donors (Lipinski definition) is 1. The minimum absolute atomic E-state index is 0. The third-order valence-electron chi connectivity index (χ3n) is 0. The van der Waals surface area contributed by atoms with Crippen molar-refractivity contribution in [3.63, 3.8) is 0 Å². The Hall–Kier alpha value is 0.120. The van der Waals surface area contributed by atoms with Gasteiger partial charge in [0.25, 0.3) is 0 Å². The van der Waals surface area contributed by atoms with Gasteiger partial charge in [0.2, 0.25) is 0 Å². The van der Waals surface area contributed by atoms with Crippen molar-refractivity contribution >= 4 is 24.8 Å². The third kappa shape index (κ3) is 1290. The van der Waals surface area contributed by atoms with Gasteiger partial charge in [-0.25, -0.2) is 0 Å². The molecule has 0 aromatic carbocycles. The van der Waals surface area contributed by atoms with Crippen LogP contribution in [0.5, 0.6) is 0 Å². The van der Waals surface area contributed by atoms with Crippen molar-refractivity contribution < 1.29 is 0 Å². The van der Waals surface area contributed by atoms with Gasteiger partial charge in [-0.2, -0.15) is 0 Å². The van der Waals surface area contributed by atoms with Crippen LogP contribution in [0, 0.1) is 0 Å². The number of halogens is 2. The van der Waals surface area contributed by atoms with Crippen LogP contribution in [-0.2, 0) is 0 Å². The maximum atomic E-state index is 4.61. The summed E-state index contributed by atoms with van der Waals surface area (Å²) in [7, 11) is 0. The van der Waals surface area contributed by atoms with E-state index >= 15 is 0 Å². The number of nitrogens with two attached hydrogens (primary N) is 1. The Labute approximate surface area is 44.1 Å². The predicted octanol–water partition coefficient (Wildman–Crippen LogP) is 0.932. The molecule has 0 aliphatic rings. The van der Waals surface area contributed by atoms with Crippen LogP contribution in [-0.4, -0.2) is 0 Å². The molecule has 0 radical (unpaired) electrons. The molecule has 0 unspecified atom stereocenters. The fourth-order valence-corrected chi connectivity index (χ4v) is 0. The zero-order valence-corrected chi connectivity index (χ0v) is 4.31. The lowest BCUT2D eigenvalue weighted by Gasteiger charge is -1.40. The number of hydrogen-bond acceptors (Lipinski definition) is 1. The van der Waals surface area contributed by atoms with E-state index in [0.29, 0.717) is 0 Å². The van der Waals surface area contributed by atoms with Gasteiger partial charge in [0.05, 0.1) is 0 Å². The van der Waals surface area contributed by atoms with Crippen LogP contribution < -0.4 is 5.73 Å². The van der Waals surface area contributed by atoms with Crippen LogP contribution in [0.2, 0.25) is 0 Å². The summed E-state index contributed by atoms with van der Waals surface area (Å²) in [4.78, 5) is 0. The molecule has 3 heteroatoms. The second-order valence-electron chi connectivity index (χ2n) is 0.236. The predicted molar refractivity (Wildman–Crippen MR) is 28.9 cm³/mol. The van der Waals surface area contributed by atoms with E-state index in [9.17, 15) is 0 Å². The summed E-state index contributed by atoms with van der Waals surface area (Å²) in [5.41, 5.74) is 4.61. The van der Waals surface area contributed by atoms with Gasteiger partial charge in [-0.15, -0.1) is 24.8 Å². The molecule has 0 atom stereocenters. The summed E-state index contributed by atoms with van der Waals surface area (Å²) in [6, 6.07) is 0. The largest absolute Gasteiger partial charge is 0.405 e. The fourth-order valence-electron chi connectivity index (χ4n) is 0. The molecule has 0 aliphatic carbocycles. The van der Waals surface area contributed by atoms with Gasteiger partial charge < -0.3 is 5.73 Å². The summed E-state index contributed by atoms with van der Waals surface area (Å²) in [5.74, 6) is 0. The molecule has 0 aliphatic heterocycles. The Morgan fingerprint density at radius 3 is 1.40 bits per heavy atom. The van der Waals surface area contributed by atoms with E-state index in [1.54, 1.807) is 0 Å². The van der Waals surface area contributed by atoms with Crippen LogP contribution in [0.4, 0.5) is 0 Å². The molecule has 0 saturated heterocycles. The lowest BCUT2D eigenvalue weighted by molar-refractivity contribution is 1.64. The van der Waals surface area contributed by atoms with Gasteiger partial charge in [-0.3, -0.25) is 0 Å². The second-order valence-corrected chi connectivity index (χ2v) is 0.236. The van der Waals surface area contributed by atoms with E-state index in [4.69, 9.17) is 0 Å². The van der Waals surface area contributed by atoms with Crippen LogP contribution in [0.3, 0.4) is 0 Å². The second kappa shape index (κ2) is 32.0. The van der Waals surface area contributed by atoms with Crippen LogP contribution in [0.1, 0.15) is 0 Å². The summed E-state index contributed by atoms with van der Waals surface area (Å²) in [5, 5.41) is 0. The highest BCUT2D eigenvalue weighted by Gasteiger charge is 1.09. The SMILES string of the molecule is C=CN.Cl.Cl. The van der Waals surface area contributed by atoms with Crippen molar-refractivity contribution in [2.45, 2.75) is 0 Å². The first-order valence-corrected chi connectivity index (χ1v) is 0.742. The normalized spacial score (nSPS) is 2.40. The monoisotopic (exact) mass is 115 g/mol. The lowest BCUT2D eigenvalue weighted by atomic mass is 11.1. The Morgan fingerprint density at radius 1 is 1.40 bits per heavy atom.